The van der Waals surface area contributed by atoms with Crippen molar-refractivity contribution in [3.8, 4) is 0 Å². The van der Waals surface area contributed by atoms with Crippen LogP contribution in [0, 0.1) is 5.41 Å². The molecule has 4 nitrogen and oxygen atoms in total. The fourth-order valence-electron chi connectivity index (χ4n) is 2.98. The molecular weight excluding hydrogens is 252 g/mol. The lowest BCUT2D eigenvalue weighted by atomic mass is 9.71. The van der Waals surface area contributed by atoms with E-state index in [0.717, 1.165) is 32.4 Å². The monoisotopic (exact) mass is 284 g/mol. The molecule has 0 amide bonds. The molecule has 0 spiro atoms. The Labute approximate surface area is 123 Å². The van der Waals surface area contributed by atoms with Crippen molar-refractivity contribution in [2.75, 3.05) is 19.6 Å². The Bertz CT molecular complexity index is 291. The highest BCUT2D eigenvalue weighted by atomic mass is 16.6. The third kappa shape index (κ3) is 6.71. The van der Waals surface area contributed by atoms with Crippen LogP contribution in [0.3, 0.4) is 0 Å². The fraction of sp³-hybridized carbons (Fsp3) is 0.938. The van der Waals surface area contributed by atoms with E-state index in [1.807, 2.05) is 20.8 Å². The van der Waals surface area contributed by atoms with Crippen LogP contribution in [-0.4, -0.2) is 31.2 Å². The number of carbonyl (C=O) groups excluding carboxylic acids is 1. The lowest BCUT2D eigenvalue weighted by molar-refractivity contribution is -0.158. The third-order valence-electron chi connectivity index (χ3n) is 3.91. The molecule has 0 aliphatic heterocycles. The van der Waals surface area contributed by atoms with Gasteiger partial charge in [-0.15, -0.1) is 0 Å². The number of nitrogens with two attached hydrogens (primary N) is 1. The van der Waals surface area contributed by atoms with Gasteiger partial charge in [-0.3, -0.25) is 4.79 Å². The molecule has 1 saturated carbocycles. The molecule has 0 saturated heterocycles. The lowest BCUT2D eigenvalue weighted by Gasteiger charge is -2.37. The topological polar surface area (TPSA) is 64.3 Å². The highest BCUT2D eigenvalue weighted by Crippen LogP contribution is 2.39. The minimum atomic E-state index is -0.389. The van der Waals surface area contributed by atoms with Gasteiger partial charge in [0.15, 0.2) is 0 Å². The van der Waals surface area contributed by atoms with Crippen molar-refractivity contribution >= 4 is 5.97 Å². The Balaban J connectivity index is 2.52. The zero-order valence-electron chi connectivity index (χ0n) is 13.5. The van der Waals surface area contributed by atoms with E-state index in [0.29, 0.717) is 13.0 Å². The molecular formula is C16H32N2O2. The van der Waals surface area contributed by atoms with Gasteiger partial charge in [-0.25, -0.2) is 0 Å². The van der Waals surface area contributed by atoms with E-state index in [9.17, 15) is 4.79 Å². The van der Waals surface area contributed by atoms with Gasteiger partial charge in [-0.2, -0.15) is 0 Å². The Morgan fingerprint density at radius 1 is 1.25 bits per heavy atom. The van der Waals surface area contributed by atoms with E-state index < -0.39 is 0 Å². The van der Waals surface area contributed by atoms with E-state index >= 15 is 0 Å². The average Bonchev–Trinajstić information content (AvgIpc) is 2.33. The summed E-state index contributed by atoms with van der Waals surface area (Å²) in [7, 11) is 0. The number of hydrogen-bond donors (Lipinski definition) is 2. The largest absolute Gasteiger partial charge is 0.460 e. The maximum atomic E-state index is 12.2. The predicted molar refractivity (Wildman–Crippen MR) is 82.5 cm³/mol. The maximum Gasteiger partial charge on any atom is 0.306 e. The van der Waals surface area contributed by atoms with Gasteiger partial charge in [0.05, 0.1) is 6.42 Å². The van der Waals surface area contributed by atoms with Gasteiger partial charge < -0.3 is 15.8 Å². The van der Waals surface area contributed by atoms with Crippen molar-refractivity contribution in [2.45, 2.75) is 71.3 Å². The molecule has 1 aliphatic rings. The van der Waals surface area contributed by atoms with E-state index in [4.69, 9.17) is 10.5 Å². The standard InChI is InChI=1S/C16H32N2O2/c1-15(2,3)20-14(19)12-16(8-5-4-6-9-16)13-18-11-7-10-17/h18H,4-13,17H2,1-3H3. The summed E-state index contributed by atoms with van der Waals surface area (Å²) in [6, 6.07) is 0. The molecule has 0 bridgehead atoms. The summed E-state index contributed by atoms with van der Waals surface area (Å²) in [4.78, 5) is 12.2. The van der Waals surface area contributed by atoms with Gasteiger partial charge in [0.1, 0.15) is 5.60 Å². The number of carbonyl (C=O) groups is 1. The zero-order valence-corrected chi connectivity index (χ0v) is 13.5. The molecule has 0 aromatic heterocycles. The van der Waals surface area contributed by atoms with Crippen LogP contribution in [0.4, 0.5) is 0 Å². The van der Waals surface area contributed by atoms with Gasteiger partial charge in [-0.1, -0.05) is 19.3 Å². The van der Waals surface area contributed by atoms with E-state index in [2.05, 4.69) is 5.32 Å². The van der Waals surface area contributed by atoms with Crippen LogP contribution in [0.5, 0.6) is 0 Å². The van der Waals surface area contributed by atoms with Crippen molar-refractivity contribution < 1.29 is 9.53 Å². The minimum absolute atomic E-state index is 0.0555. The molecule has 4 heteroatoms. The van der Waals surface area contributed by atoms with Crippen LogP contribution in [-0.2, 0) is 9.53 Å². The number of hydrogen-bond acceptors (Lipinski definition) is 4. The summed E-state index contributed by atoms with van der Waals surface area (Å²) < 4.78 is 5.51. The molecule has 0 radical (unpaired) electrons. The van der Waals surface area contributed by atoms with Crippen molar-refractivity contribution in [2.24, 2.45) is 11.1 Å². The summed E-state index contributed by atoms with van der Waals surface area (Å²) in [6.45, 7) is 8.35. The normalized spacial score (nSPS) is 18.8. The van der Waals surface area contributed by atoms with Crippen LogP contribution >= 0.6 is 0 Å². The maximum absolute atomic E-state index is 12.2. The highest BCUT2D eigenvalue weighted by molar-refractivity contribution is 5.70. The first-order valence-electron chi connectivity index (χ1n) is 8.00. The highest BCUT2D eigenvalue weighted by Gasteiger charge is 2.35. The van der Waals surface area contributed by atoms with Gasteiger partial charge >= 0.3 is 5.97 Å². The van der Waals surface area contributed by atoms with E-state index in [1.165, 1.54) is 19.3 Å². The quantitative estimate of drug-likeness (QED) is 0.557. The summed E-state index contributed by atoms with van der Waals surface area (Å²) >= 11 is 0. The van der Waals surface area contributed by atoms with Crippen LogP contribution < -0.4 is 11.1 Å². The Morgan fingerprint density at radius 3 is 2.45 bits per heavy atom. The predicted octanol–water partition coefficient (Wildman–Crippen LogP) is 2.61. The first-order valence-corrected chi connectivity index (χ1v) is 8.00. The molecule has 0 atom stereocenters. The van der Waals surface area contributed by atoms with Crippen LogP contribution in [0.2, 0.25) is 0 Å². The van der Waals surface area contributed by atoms with Gasteiger partial charge in [0.2, 0.25) is 0 Å². The van der Waals surface area contributed by atoms with Crippen molar-refractivity contribution in [3.05, 3.63) is 0 Å². The molecule has 1 rings (SSSR count). The van der Waals surface area contributed by atoms with Crippen molar-refractivity contribution in [3.63, 3.8) is 0 Å². The molecule has 0 aromatic carbocycles. The molecule has 0 heterocycles. The Morgan fingerprint density at radius 2 is 1.90 bits per heavy atom. The first kappa shape index (κ1) is 17.4. The van der Waals surface area contributed by atoms with Gasteiger partial charge in [0, 0.05) is 6.54 Å². The SMILES string of the molecule is CC(C)(C)OC(=O)CC1(CNCCCN)CCCCC1. The molecule has 118 valence electrons. The van der Waals surface area contributed by atoms with E-state index in [1.54, 1.807) is 0 Å². The molecule has 1 fully saturated rings. The fourth-order valence-corrected chi connectivity index (χ4v) is 2.98. The van der Waals surface area contributed by atoms with Gasteiger partial charge in [-0.05, 0) is 58.5 Å². The molecule has 20 heavy (non-hydrogen) atoms. The van der Waals surface area contributed by atoms with Crippen molar-refractivity contribution in [1.29, 1.82) is 0 Å². The summed E-state index contributed by atoms with van der Waals surface area (Å²) in [5.74, 6) is -0.0555. The Kier molecular flexibility index (Phi) is 6.96. The second kappa shape index (κ2) is 7.99. The number of nitrogens with one attached hydrogen (secondary N) is 1. The smallest absolute Gasteiger partial charge is 0.306 e. The van der Waals surface area contributed by atoms with E-state index in [-0.39, 0.29) is 17.0 Å². The average molecular weight is 284 g/mol. The molecule has 0 aromatic rings. The van der Waals surface area contributed by atoms with Crippen LogP contribution in [0.1, 0.15) is 65.7 Å². The number of esters is 1. The minimum Gasteiger partial charge on any atom is -0.460 e. The van der Waals surface area contributed by atoms with Crippen LogP contribution in [0.15, 0.2) is 0 Å². The second-order valence-corrected chi connectivity index (χ2v) is 7.14. The number of ether oxygens (including phenoxy) is 1. The van der Waals surface area contributed by atoms with Crippen LogP contribution in [0.25, 0.3) is 0 Å². The molecule has 3 N–H and O–H groups in total. The third-order valence-corrected chi connectivity index (χ3v) is 3.91. The van der Waals surface area contributed by atoms with Gasteiger partial charge in [0.25, 0.3) is 0 Å². The zero-order chi connectivity index (χ0) is 15.1. The van der Waals surface area contributed by atoms with Crippen molar-refractivity contribution in [1.82, 2.24) is 5.32 Å². The first-order chi connectivity index (χ1) is 9.37. The second-order valence-electron chi connectivity index (χ2n) is 7.14. The number of rotatable bonds is 7. The Hall–Kier alpha value is -0.610. The molecule has 1 aliphatic carbocycles. The lowest BCUT2D eigenvalue weighted by Crippen LogP contribution is -2.40. The summed E-state index contributed by atoms with van der Waals surface area (Å²) in [5.41, 5.74) is 5.22. The summed E-state index contributed by atoms with van der Waals surface area (Å²) in [6.07, 6.45) is 7.52. The summed E-state index contributed by atoms with van der Waals surface area (Å²) in [5, 5.41) is 3.48. The molecule has 0 unspecified atom stereocenters.